The molecule has 238 valence electrons. The molecule has 1 aliphatic heterocycles. The highest BCUT2D eigenvalue weighted by molar-refractivity contribution is 7.89. The van der Waals surface area contributed by atoms with E-state index in [-0.39, 0.29) is 41.7 Å². The molecule has 0 radical (unpaired) electrons. The average molecular weight is 641 g/mol. The van der Waals surface area contributed by atoms with Crippen molar-refractivity contribution in [1.82, 2.24) is 4.90 Å². The number of anilines is 1. The van der Waals surface area contributed by atoms with Crippen molar-refractivity contribution in [2.45, 2.75) is 57.0 Å². The summed E-state index contributed by atoms with van der Waals surface area (Å²) in [6.07, 6.45) is -11.2. The first kappa shape index (κ1) is 33.8. The van der Waals surface area contributed by atoms with Crippen LogP contribution in [0.4, 0.5) is 41.6 Å². The van der Waals surface area contributed by atoms with Gasteiger partial charge in [0.05, 0.1) is 49.4 Å². The Balaban J connectivity index is 2.26. The van der Waals surface area contributed by atoms with Gasteiger partial charge < -0.3 is 14.2 Å². The van der Waals surface area contributed by atoms with Crippen LogP contribution in [0.25, 0.3) is 0 Å². The number of hydrogen-bond acceptors (Lipinski definition) is 7. The Bertz CT molecular complexity index is 1450. The van der Waals surface area contributed by atoms with Gasteiger partial charge in [0.1, 0.15) is 5.75 Å². The largest absolute Gasteiger partial charge is 0.496 e. The highest BCUT2D eigenvalue weighted by Crippen LogP contribution is 2.45. The number of methoxy groups -OCH3 is 2. The standard InChI is InChI=1S/C27H30F6N2O7S/c1-6-42-25(37)35-15(2)7-21(20-10-17(14-43(5,38)39)23(40-3)12-22(20)35)34(24(36)41-4)13-16-8-18(26(28,29)30)11-19(9-16)27(31,32)33/h8-12,15,21H,6-7,13-14H2,1-5H3. The number of ether oxygens (including phenoxy) is 3. The number of alkyl halides is 6. The fourth-order valence-corrected chi connectivity index (χ4v) is 5.77. The number of rotatable bonds is 7. The summed E-state index contributed by atoms with van der Waals surface area (Å²) in [6.45, 7) is 2.44. The third-order valence-corrected chi connectivity index (χ3v) is 7.56. The van der Waals surface area contributed by atoms with E-state index in [0.29, 0.717) is 12.1 Å². The summed E-state index contributed by atoms with van der Waals surface area (Å²) in [7, 11) is -1.37. The van der Waals surface area contributed by atoms with Crippen LogP contribution in [0.15, 0.2) is 30.3 Å². The van der Waals surface area contributed by atoms with Gasteiger partial charge in [-0.1, -0.05) is 0 Å². The summed E-state index contributed by atoms with van der Waals surface area (Å²) < 4.78 is 121. The number of carbonyl (C=O) groups excluding carboxylic acids is 2. The number of hydrogen-bond donors (Lipinski definition) is 0. The zero-order valence-electron chi connectivity index (χ0n) is 23.8. The monoisotopic (exact) mass is 640 g/mol. The quantitative estimate of drug-likeness (QED) is 0.326. The van der Waals surface area contributed by atoms with Crippen LogP contribution in [0.1, 0.15) is 54.1 Å². The number of amides is 2. The maximum absolute atomic E-state index is 13.6. The molecular formula is C27H30F6N2O7S. The molecule has 0 aromatic heterocycles. The maximum Gasteiger partial charge on any atom is 0.416 e. The molecule has 0 saturated heterocycles. The lowest BCUT2D eigenvalue weighted by atomic mass is 9.89. The van der Waals surface area contributed by atoms with Gasteiger partial charge in [0.15, 0.2) is 9.84 Å². The predicted molar refractivity (Wildman–Crippen MR) is 142 cm³/mol. The van der Waals surface area contributed by atoms with Crippen LogP contribution in [0.2, 0.25) is 0 Å². The Hall–Kier alpha value is -3.69. The van der Waals surface area contributed by atoms with Crippen molar-refractivity contribution in [3.8, 4) is 5.75 Å². The molecule has 1 heterocycles. The van der Waals surface area contributed by atoms with Crippen molar-refractivity contribution in [2.24, 2.45) is 0 Å². The zero-order chi connectivity index (χ0) is 32.5. The van der Waals surface area contributed by atoms with Crippen LogP contribution in [0, 0.1) is 0 Å². The summed E-state index contributed by atoms with van der Waals surface area (Å²) in [4.78, 5) is 28.2. The number of sulfone groups is 1. The Kier molecular flexibility index (Phi) is 9.83. The summed E-state index contributed by atoms with van der Waals surface area (Å²) in [5.74, 6) is -0.421. The summed E-state index contributed by atoms with van der Waals surface area (Å²) in [5.41, 5.74) is -3.14. The fourth-order valence-electron chi connectivity index (χ4n) is 4.98. The van der Waals surface area contributed by atoms with Gasteiger partial charge in [-0.3, -0.25) is 9.80 Å². The van der Waals surface area contributed by atoms with Gasteiger partial charge in [-0.25, -0.2) is 18.0 Å². The van der Waals surface area contributed by atoms with E-state index in [1.165, 1.54) is 24.1 Å². The van der Waals surface area contributed by atoms with E-state index in [2.05, 4.69) is 0 Å². The number of benzene rings is 2. The van der Waals surface area contributed by atoms with Gasteiger partial charge in [-0.05, 0) is 55.7 Å². The molecule has 1 aliphatic rings. The smallest absolute Gasteiger partial charge is 0.416 e. The molecule has 2 amide bonds. The topological polar surface area (TPSA) is 102 Å². The average Bonchev–Trinajstić information content (AvgIpc) is 2.88. The lowest BCUT2D eigenvalue weighted by Crippen LogP contribution is -2.47. The highest BCUT2D eigenvalue weighted by Gasteiger charge is 2.41. The Morgan fingerprint density at radius 2 is 1.58 bits per heavy atom. The molecule has 2 atom stereocenters. The van der Waals surface area contributed by atoms with Gasteiger partial charge in [0.25, 0.3) is 0 Å². The second-order valence-electron chi connectivity index (χ2n) is 9.97. The molecule has 0 aliphatic carbocycles. The Labute approximate surface area is 244 Å². The van der Waals surface area contributed by atoms with E-state index in [9.17, 15) is 44.3 Å². The van der Waals surface area contributed by atoms with Crippen LogP contribution in [0.3, 0.4) is 0 Å². The van der Waals surface area contributed by atoms with Crippen molar-refractivity contribution < 1.29 is 58.6 Å². The van der Waals surface area contributed by atoms with Crippen LogP contribution in [-0.4, -0.2) is 58.6 Å². The van der Waals surface area contributed by atoms with E-state index in [0.717, 1.165) is 18.3 Å². The summed E-state index contributed by atoms with van der Waals surface area (Å²) >= 11 is 0. The molecule has 0 N–H and O–H groups in total. The van der Waals surface area contributed by atoms with Gasteiger partial charge in [0, 0.05) is 30.5 Å². The molecule has 2 aromatic rings. The minimum absolute atomic E-state index is 0.00941. The van der Waals surface area contributed by atoms with E-state index < -0.39 is 75.4 Å². The van der Waals surface area contributed by atoms with Crippen molar-refractivity contribution in [2.75, 3.05) is 32.0 Å². The molecule has 0 fully saturated rings. The number of carbonyl (C=O) groups is 2. The van der Waals surface area contributed by atoms with E-state index >= 15 is 0 Å². The van der Waals surface area contributed by atoms with Gasteiger partial charge in [-0.15, -0.1) is 0 Å². The van der Waals surface area contributed by atoms with E-state index in [1.807, 2.05) is 0 Å². The summed E-state index contributed by atoms with van der Waals surface area (Å²) in [5, 5.41) is 0. The Morgan fingerprint density at radius 3 is 2.05 bits per heavy atom. The van der Waals surface area contributed by atoms with Crippen LogP contribution < -0.4 is 9.64 Å². The number of nitrogens with zero attached hydrogens (tertiary/aromatic N) is 2. The normalized spacial score (nSPS) is 17.2. The first-order valence-corrected chi connectivity index (χ1v) is 14.8. The Morgan fingerprint density at radius 1 is 1.00 bits per heavy atom. The van der Waals surface area contributed by atoms with Crippen molar-refractivity contribution in [1.29, 1.82) is 0 Å². The van der Waals surface area contributed by atoms with Gasteiger partial charge in [0.2, 0.25) is 0 Å². The number of fused-ring (bicyclic) bond motifs is 1. The second-order valence-corrected chi connectivity index (χ2v) is 12.1. The second kappa shape index (κ2) is 12.5. The minimum atomic E-state index is -5.12. The third-order valence-electron chi connectivity index (χ3n) is 6.72. The molecule has 3 rings (SSSR count). The molecule has 0 saturated carbocycles. The van der Waals surface area contributed by atoms with E-state index in [4.69, 9.17) is 14.2 Å². The van der Waals surface area contributed by atoms with E-state index in [1.54, 1.807) is 13.8 Å². The molecule has 9 nitrogen and oxygen atoms in total. The van der Waals surface area contributed by atoms with Crippen LogP contribution in [0.5, 0.6) is 5.75 Å². The van der Waals surface area contributed by atoms with Crippen molar-refractivity contribution >= 4 is 27.7 Å². The minimum Gasteiger partial charge on any atom is -0.496 e. The molecule has 0 spiro atoms. The van der Waals surface area contributed by atoms with Gasteiger partial charge in [-0.2, -0.15) is 26.3 Å². The van der Waals surface area contributed by atoms with Gasteiger partial charge >= 0.3 is 24.5 Å². The third kappa shape index (κ3) is 7.83. The van der Waals surface area contributed by atoms with Crippen molar-refractivity contribution in [3.05, 3.63) is 58.1 Å². The highest BCUT2D eigenvalue weighted by atomic mass is 32.2. The first-order chi connectivity index (χ1) is 19.8. The van der Waals surface area contributed by atoms with Crippen molar-refractivity contribution in [3.63, 3.8) is 0 Å². The molecule has 0 bridgehead atoms. The maximum atomic E-state index is 13.6. The lowest BCUT2D eigenvalue weighted by molar-refractivity contribution is -0.143. The zero-order valence-corrected chi connectivity index (χ0v) is 24.6. The fraction of sp³-hybridized carbons (Fsp3) is 0.481. The SMILES string of the molecule is CCOC(=O)N1c2cc(OC)c(CS(C)(=O)=O)cc2C(N(Cc2cc(C(F)(F)F)cc(C(F)(F)F)c2)C(=O)OC)CC1C. The molecule has 2 unspecified atom stereocenters. The molecule has 2 aromatic carbocycles. The molecule has 16 heteroatoms. The number of halogens is 6. The van der Waals surface area contributed by atoms with Crippen LogP contribution in [-0.2, 0) is 44.0 Å². The molecular weight excluding hydrogens is 610 g/mol. The predicted octanol–water partition coefficient (Wildman–Crippen LogP) is 6.34. The van der Waals surface area contributed by atoms with Crippen LogP contribution >= 0.6 is 0 Å². The lowest BCUT2D eigenvalue weighted by Gasteiger charge is -2.43. The molecule has 43 heavy (non-hydrogen) atoms. The first-order valence-electron chi connectivity index (χ1n) is 12.8. The summed E-state index contributed by atoms with van der Waals surface area (Å²) in [6, 6.07) is 1.94.